The van der Waals surface area contributed by atoms with Crippen LogP contribution in [0.4, 0.5) is 8.78 Å². The van der Waals surface area contributed by atoms with E-state index < -0.39 is 17.7 Å². The lowest BCUT2D eigenvalue weighted by atomic mass is 9.99. The van der Waals surface area contributed by atoms with Gasteiger partial charge in [0.15, 0.2) is 0 Å². The standard InChI is InChI=1S/C14H17F2N3/c1-8-4-5-11(15)13(14(8)16)12(17)7-10-6-9(2)18-19(10)3/h4-6,12H,7,17H2,1-3H3. The van der Waals surface area contributed by atoms with Crippen molar-refractivity contribution in [2.45, 2.75) is 26.3 Å². The minimum atomic E-state index is -0.727. The van der Waals surface area contributed by atoms with E-state index in [-0.39, 0.29) is 5.56 Å². The molecule has 3 nitrogen and oxygen atoms in total. The fourth-order valence-corrected chi connectivity index (χ4v) is 2.20. The van der Waals surface area contributed by atoms with E-state index in [4.69, 9.17) is 5.73 Å². The summed E-state index contributed by atoms with van der Waals surface area (Å²) in [5.74, 6) is -1.17. The Morgan fingerprint density at radius 2 is 2.00 bits per heavy atom. The number of rotatable bonds is 3. The Morgan fingerprint density at radius 3 is 2.58 bits per heavy atom. The lowest BCUT2D eigenvalue weighted by Gasteiger charge is -2.15. The molecule has 0 spiro atoms. The van der Waals surface area contributed by atoms with Gasteiger partial charge in [0, 0.05) is 30.8 Å². The Labute approximate surface area is 111 Å². The van der Waals surface area contributed by atoms with Crippen molar-refractivity contribution < 1.29 is 8.78 Å². The summed E-state index contributed by atoms with van der Waals surface area (Å²) in [5.41, 5.74) is 8.00. The largest absolute Gasteiger partial charge is 0.323 e. The van der Waals surface area contributed by atoms with Crippen LogP contribution in [-0.2, 0) is 13.5 Å². The van der Waals surface area contributed by atoms with Gasteiger partial charge in [-0.15, -0.1) is 0 Å². The second-order valence-electron chi connectivity index (χ2n) is 4.80. The van der Waals surface area contributed by atoms with Crippen LogP contribution in [0.25, 0.3) is 0 Å². The molecule has 102 valence electrons. The summed E-state index contributed by atoms with van der Waals surface area (Å²) in [4.78, 5) is 0. The fourth-order valence-electron chi connectivity index (χ4n) is 2.20. The van der Waals surface area contributed by atoms with Gasteiger partial charge in [-0.2, -0.15) is 5.10 Å². The van der Waals surface area contributed by atoms with Crippen molar-refractivity contribution in [2.24, 2.45) is 12.8 Å². The molecular weight excluding hydrogens is 248 g/mol. The number of halogens is 2. The molecule has 0 aliphatic carbocycles. The lowest BCUT2D eigenvalue weighted by molar-refractivity contribution is 0.513. The molecule has 0 amide bonds. The average molecular weight is 265 g/mol. The van der Waals surface area contributed by atoms with Crippen LogP contribution in [0.5, 0.6) is 0 Å². The molecule has 5 heteroatoms. The Hall–Kier alpha value is -1.75. The summed E-state index contributed by atoms with van der Waals surface area (Å²) < 4.78 is 29.4. The molecular formula is C14H17F2N3. The summed E-state index contributed by atoms with van der Waals surface area (Å²) in [6.07, 6.45) is 0.342. The molecule has 0 saturated heterocycles. The monoisotopic (exact) mass is 265 g/mol. The van der Waals surface area contributed by atoms with Crippen LogP contribution in [0.15, 0.2) is 18.2 Å². The quantitative estimate of drug-likeness (QED) is 0.927. The van der Waals surface area contributed by atoms with Crippen molar-refractivity contribution in [1.29, 1.82) is 0 Å². The van der Waals surface area contributed by atoms with Crippen LogP contribution in [-0.4, -0.2) is 9.78 Å². The van der Waals surface area contributed by atoms with E-state index in [1.165, 1.54) is 12.1 Å². The highest BCUT2D eigenvalue weighted by molar-refractivity contribution is 5.30. The number of hydrogen-bond donors (Lipinski definition) is 1. The van der Waals surface area contributed by atoms with Crippen molar-refractivity contribution >= 4 is 0 Å². The predicted molar refractivity (Wildman–Crippen MR) is 69.7 cm³/mol. The zero-order valence-electron chi connectivity index (χ0n) is 11.2. The maximum atomic E-state index is 14.0. The van der Waals surface area contributed by atoms with Gasteiger partial charge in [-0.1, -0.05) is 6.07 Å². The summed E-state index contributed by atoms with van der Waals surface area (Å²) in [6.45, 7) is 3.46. The van der Waals surface area contributed by atoms with Crippen molar-refractivity contribution in [3.8, 4) is 0 Å². The molecule has 0 fully saturated rings. The molecule has 0 aliphatic rings. The Bertz CT molecular complexity index is 605. The van der Waals surface area contributed by atoms with Crippen LogP contribution in [0.2, 0.25) is 0 Å². The van der Waals surface area contributed by atoms with E-state index in [0.717, 1.165) is 11.4 Å². The summed E-state index contributed by atoms with van der Waals surface area (Å²) in [6, 6.07) is 3.80. The number of aryl methyl sites for hydroxylation is 3. The topological polar surface area (TPSA) is 43.8 Å². The van der Waals surface area contributed by atoms with E-state index in [2.05, 4.69) is 5.10 Å². The first-order valence-corrected chi connectivity index (χ1v) is 6.09. The predicted octanol–water partition coefficient (Wildman–Crippen LogP) is 2.56. The molecule has 19 heavy (non-hydrogen) atoms. The minimum absolute atomic E-state index is 0.0566. The SMILES string of the molecule is Cc1cc(CC(N)c2c(F)ccc(C)c2F)n(C)n1. The van der Waals surface area contributed by atoms with Gasteiger partial charge in [0.25, 0.3) is 0 Å². The molecule has 0 saturated carbocycles. The van der Waals surface area contributed by atoms with Gasteiger partial charge in [-0.3, -0.25) is 4.68 Å². The molecule has 0 radical (unpaired) electrons. The second-order valence-corrected chi connectivity index (χ2v) is 4.80. The number of nitrogens with zero attached hydrogens (tertiary/aromatic N) is 2. The van der Waals surface area contributed by atoms with Gasteiger partial charge >= 0.3 is 0 Å². The highest BCUT2D eigenvalue weighted by atomic mass is 19.1. The first kappa shape index (κ1) is 13.7. The first-order valence-electron chi connectivity index (χ1n) is 6.09. The smallest absolute Gasteiger partial charge is 0.133 e. The van der Waals surface area contributed by atoms with Gasteiger partial charge in [0.1, 0.15) is 11.6 Å². The third kappa shape index (κ3) is 2.66. The molecule has 1 atom stereocenters. The van der Waals surface area contributed by atoms with Gasteiger partial charge in [-0.25, -0.2) is 8.78 Å². The maximum absolute atomic E-state index is 14.0. The summed E-state index contributed by atoms with van der Waals surface area (Å²) >= 11 is 0. The molecule has 2 rings (SSSR count). The molecule has 1 aromatic carbocycles. The van der Waals surface area contributed by atoms with E-state index in [1.54, 1.807) is 18.7 Å². The first-order chi connectivity index (χ1) is 8.90. The van der Waals surface area contributed by atoms with Gasteiger partial charge < -0.3 is 5.73 Å². The fraction of sp³-hybridized carbons (Fsp3) is 0.357. The number of benzene rings is 1. The van der Waals surface area contributed by atoms with E-state index in [0.29, 0.717) is 12.0 Å². The van der Waals surface area contributed by atoms with E-state index in [9.17, 15) is 8.78 Å². The highest BCUT2D eigenvalue weighted by Crippen LogP contribution is 2.24. The van der Waals surface area contributed by atoms with Crippen molar-refractivity contribution in [3.63, 3.8) is 0 Å². The zero-order chi connectivity index (χ0) is 14.2. The molecule has 1 aromatic heterocycles. The molecule has 0 bridgehead atoms. The lowest BCUT2D eigenvalue weighted by Crippen LogP contribution is -2.19. The normalized spacial score (nSPS) is 12.7. The van der Waals surface area contributed by atoms with Crippen LogP contribution >= 0.6 is 0 Å². The van der Waals surface area contributed by atoms with Crippen molar-refractivity contribution in [1.82, 2.24) is 9.78 Å². The third-order valence-electron chi connectivity index (χ3n) is 3.22. The van der Waals surface area contributed by atoms with Crippen LogP contribution in [0.1, 0.15) is 28.6 Å². The van der Waals surface area contributed by atoms with Gasteiger partial charge in [-0.05, 0) is 31.5 Å². The Kier molecular flexibility index (Phi) is 3.66. The molecule has 2 N–H and O–H groups in total. The second kappa shape index (κ2) is 5.09. The molecule has 1 unspecified atom stereocenters. The van der Waals surface area contributed by atoms with Crippen molar-refractivity contribution in [3.05, 3.63) is 52.3 Å². The number of aromatic nitrogens is 2. The third-order valence-corrected chi connectivity index (χ3v) is 3.22. The van der Waals surface area contributed by atoms with Crippen molar-refractivity contribution in [2.75, 3.05) is 0 Å². The van der Waals surface area contributed by atoms with E-state index in [1.807, 2.05) is 13.0 Å². The van der Waals surface area contributed by atoms with Crippen LogP contribution in [0, 0.1) is 25.5 Å². The van der Waals surface area contributed by atoms with Crippen LogP contribution < -0.4 is 5.73 Å². The Balaban J connectivity index is 2.32. The van der Waals surface area contributed by atoms with Crippen LogP contribution in [0.3, 0.4) is 0 Å². The Morgan fingerprint density at radius 1 is 1.32 bits per heavy atom. The zero-order valence-corrected chi connectivity index (χ0v) is 11.2. The van der Waals surface area contributed by atoms with Gasteiger partial charge in [0.2, 0.25) is 0 Å². The van der Waals surface area contributed by atoms with Gasteiger partial charge in [0.05, 0.1) is 5.69 Å². The molecule has 2 aromatic rings. The maximum Gasteiger partial charge on any atom is 0.133 e. The molecule has 0 aliphatic heterocycles. The minimum Gasteiger partial charge on any atom is -0.323 e. The number of nitrogens with two attached hydrogens (primary N) is 1. The average Bonchev–Trinajstić information content (AvgIpc) is 2.63. The highest BCUT2D eigenvalue weighted by Gasteiger charge is 2.20. The molecule has 1 heterocycles. The summed E-state index contributed by atoms with van der Waals surface area (Å²) in [7, 11) is 1.79. The number of hydrogen-bond acceptors (Lipinski definition) is 2. The summed E-state index contributed by atoms with van der Waals surface area (Å²) in [5, 5.41) is 4.19. The van der Waals surface area contributed by atoms with E-state index >= 15 is 0 Å².